The minimum atomic E-state index is -0.186. The molecule has 0 aromatic carbocycles. The SMILES string of the molecule is CN(CC1CC(O)C1)C(=O)c1sc(N2CCCC2)nc1N. The van der Waals surface area contributed by atoms with Crippen molar-refractivity contribution in [1.29, 1.82) is 0 Å². The zero-order chi connectivity index (χ0) is 15.0. The highest BCUT2D eigenvalue weighted by molar-refractivity contribution is 7.18. The van der Waals surface area contributed by atoms with Crippen molar-refractivity contribution in [3.8, 4) is 0 Å². The molecule has 21 heavy (non-hydrogen) atoms. The van der Waals surface area contributed by atoms with Crippen molar-refractivity contribution in [2.75, 3.05) is 37.3 Å². The van der Waals surface area contributed by atoms with Gasteiger partial charge in [-0.1, -0.05) is 11.3 Å². The van der Waals surface area contributed by atoms with E-state index in [2.05, 4.69) is 9.88 Å². The molecule has 1 saturated carbocycles. The van der Waals surface area contributed by atoms with Gasteiger partial charge in [0.1, 0.15) is 10.7 Å². The van der Waals surface area contributed by atoms with Crippen LogP contribution in [0.4, 0.5) is 10.9 Å². The van der Waals surface area contributed by atoms with Crippen LogP contribution in [0.1, 0.15) is 35.4 Å². The topological polar surface area (TPSA) is 82.7 Å². The largest absolute Gasteiger partial charge is 0.393 e. The molecule has 7 heteroatoms. The Balaban J connectivity index is 1.66. The first-order valence-corrected chi connectivity index (χ1v) is 8.31. The van der Waals surface area contributed by atoms with E-state index in [4.69, 9.17) is 5.73 Å². The number of aromatic nitrogens is 1. The third-order valence-corrected chi connectivity index (χ3v) is 5.42. The smallest absolute Gasteiger partial charge is 0.267 e. The standard InChI is InChI=1S/C14H22N4O2S/c1-17(8-9-6-10(19)7-9)13(20)11-12(15)16-14(21-11)18-4-2-3-5-18/h9-10,19H,2-8,15H2,1H3. The van der Waals surface area contributed by atoms with Gasteiger partial charge in [-0.25, -0.2) is 4.98 Å². The Bertz CT molecular complexity index is 521. The van der Waals surface area contributed by atoms with Crippen LogP contribution in [-0.4, -0.2) is 53.7 Å². The monoisotopic (exact) mass is 310 g/mol. The molecule has 2 fully saturated rings. The van der Waals surface area contributed by atoms with Crippen molar-refractivity contribution in [3.05, 3.63) is 4.88 Å². The van der Waals surface area contributed by atoms with Crippen molar-refractivity contribution in [1.82, 2.24) is 9.88 Å². The number of aliphatic hydroxyl groups excluding tert-OH is 1. The highest BCUT2D eigenvalue weighted by Gasteiger charge is 2.30. The van der Waals surface area contributed by atoms with Crippen LogP contribution < -0.4 is 10.6 Å². The molecule has 0 atom stereocenters. The quantitative estimate of drug-likeness (QED) is 0.872. The van der Waals surface area contributed by atoms with Crippen molar-refractivity contribution >= 4 is 28.2 Å². The Kier molecular flexibility index (Phi) is 4.03. The summed E-state index contributed by atoms with van der Waals surface area (Å²) in [4.78, 5) is 21.3. The minimum absolute atomic E-state index is 0.0585. The van der Waals surface area contributed by atoms with Crippen LogP contribution in [0, 0.1) is 5.92 Å². The summed E-state index contributed by atoms with van der Waals surface area (Å²) in [6.45, 7) is 2.67. The van der Waals surface area contributed by atoms with Crippen molar-refractivity contribution in [2.45, 2.75) is 31.8 Å². The van der Waals surface area contributed by atoms with Gasteiger partial charge in [0, 0.05) is 26.7 Å². The first-order valence-electron chi connectivity index (χ1n) is 7.49. The van der Waals surface area contributed by atoms with Crippen LogP contribution in [0.15, 0.2) is 0 Å². The number of hydrogen-bond acceptors (Lipinski definition) is 6. The maximum Gasteiger partial charge on any atom is 0.267 e. The Morgan fingerprint density at radius 3 is 2.76 bits per heavy atom. The second-order valence-electron chi connectivity index (χ2n) is 6.08. The van der Waals surface area contributed by atoms with Gasteiger partial charge in [0.05, 0.1) is 6.10 Å². The number of hydrogen-bond donors (Lipinski definition) is 2. The fourth-order valence-electron chi connectivity index (χ4n) is 3.01. The van der Waals surface area contributed by atoms with Gasteiger partial charge in [0.25, 0.3) is 5.91 Å². The number of aliphatic hydroxyl groups is 1. The molecule has 0 radical (unpaired) electrons. The number of anilines is 2. The third-order valence-electron chi connectivity index (χ3n) is 4.30. The molecular formula is C14H22N4O2S. The van der Waals surface area contributed by atoms with Crippen molar-refractivity contribution in [2.24, 2.45) is 5.92 Å². The van der Waals surface area contributed by atoms with E-state index < -0.39 is 0 Å². The van der Waals surface area contributed by atoms with Crippen LogP contribution in [0.3, 0.4) is 0 Å². The van der Waals surface area contributed by atoms with E-state index in [1.807, 2.05) is 0 Å². The van der Waals surface area contributed by atoms with Crippen molar-refractivity contribution in [3.63, 3.8) is 0 Å². The van der Waals surface area contributed by atoms with E-state index in [1.54, 1.807) is 11.9 Å². The van der Waals surface area contributed by atoms with Crippen LogP contribution >= 0.6 is 11.3 Å². The number of nitrogen functional groups attached to an aromatic ring is 1. The summed E-state index contributed by atoms with van der Waals surface area (Å²) < 4.78 is 0. The van der Waals surface area contributed by atoms with Gasteiger partial charge in [0.15, 0.2) is 5.13 Å². The van der Waals surface area contributed by atoms with Gasteiger partial charge in [-0.05, 0) is 31.6 Å². The summed E-state index contributed by atoms with van der Waals surface area (Å²) in [5.74, 6) is 0.686. The molecule has 1 aliphatic heterocycles. The molecule has 116 valence electrons. The van der Waals surface area contributed by atoms with Crippen LogP contribution in [0.2, 0.25) is 0 Å². The summed E-state index contributed by atoms with van der Waals surface area (Å²) in [5, 5.41) is 10.2. The number of thiazole rings is 1. The van der Waals surface area contributed by atoms with Crippen molar-refractivity contribution < 1.29 is 9.90 Å². The lowest BCUT2D eigenvalue weighted by molar-refractivity contribution is 0.0266. The maximum absolute atomic E-state index is 12.5. The Morgan fingerprint density at radius 1 is 1.48 bits per heavy atom. The number of nitrogens with two attached hydrogens (primary N) is 1. The van der Waals surface area contributed by atoms with E-state index in [-0.39, 0.29) is 12.0 Å². The second-order valence-corrected chi connectivity index (χ2v) is 7.06. The molecule has 0 bridgehead atoms. The molecule has 3 rings (SSSR count). The Morgan fingerprint density at radius 2 is 2.14 bits per heavy atom. The van der Waals surface area contributed by atoms with Crippen LogP contribution in [-0.2, 0) is 0 Å². The van der Waals surface area contributed by atoms with E-state index in [9.17, 15) is 9.90 Å². The molecule has 1 amide bonds. The number of carbonyl (C=O) groups excluding carboxylic acids is 1. The fourth-order valence-corrected chi connectivity index (χ4v) is 4.04. The van der Waals surface area contributed by atoms with Gasteiger partial charge in [-0.3, -0.25) is 4.79 Å². The normalized spacial score (nSPS) is 25.0. The predicted octanol–water partition coefficient (Wildman–Crippen LogP) is 1.17. The molecule has 1 aromatic rings. The molecule has 0 spiro atoms. The number of rotatable bonds is 4. The van der Waals surface area contributed by atoms with Crippen LogP contribution in [0.25, 0.3) is 0 Å². The average molecular weight is 310 g/mol. The lowest BCUT2D eigenvalue weighted by atomic mass is 9.82. The number of amides is 1. The van der Waals surface area contributed by atoms with E-state index in [0.29, 0.717) is 23.2 Å². The Labute approximate surface area is 128 Å². The molecule has 1 aromatic heterocycles. The van der Waals surface area contributed by atoms with Gasteiger partial charge < -0.3 is 20.6 Å². The summed E-state index contributed by atoms with van der Waals surface area (Å²) in [6, 6.07) is 0. The number of carbonyl (C=O) groups is 1. The van der Waals surface area contributed by atoms with E-state index in [0.717, 1.165) is 31.1 Å². The molecule has 1 saturated heterocycles. The molecule has 0 unspecified atom stereocenters. The molecular weight excluding hydrogens is 288 g/mol. The average Bonchev–Trinajstić information content (AvgIpc) is 3.04. The molecule has 3 N–H and O–H groups in total. The summed E-state index contributed by atoms with van der Waals surface area (Å²) >= 11 is 1.40. The predicted molar refractivity (Wildman–Crippen MR) is 83.7 cm³/mol. The first kappa shape index (κ1) is 14.6. The third kappa shape index (κ3) is 2.98. The van der Waals surface area contributed by atoms with E-state index in [1.165, 1.54) is 24.2 Å². The number of nitrogens with zero attached hydrogens (tertiary/aromatic N) is 3. The highest BCUT2D eigenvalue weighted by Crippen LogP contribution is 2.32. The molecule has 6 nitrogen and oxygen atoms in total. The molecule has 1 aliphatic carbocycles. The maximum atomic E-state index is 12.5. The first-order chi connectivity index (χ1) is 10.0. The van der Waals surface area contributed by atoms with Gasteiger partial charge in [-0.2, -0.15) is 0 Å². The van der Waals surface area contributed by atoms with Gasteiger partial charge in [-0.15, -0.1) is 0 Å². The molecule has 2 aliphatic rings. The zero-order valence-corrected chi connectivity index (χ0v) is 13.1. The van der Waals surface area contributed by atoms with Gasteiger partial charge in [0.2, 0.25) is 0 Å². The Hall–Kier alpha value is -1.34. The summed E-state index contributed by atoms with van der Waals surface area (Å²) in [5.41, 5.74) is 5.93. The van der Waals surface area contributed by atoms with E-state index >= 15 is 0 Å². The lowest BCUT2D eigenvalue weighted by Gasteiger charge is -2.34. The highest BCUT2D eigenvalue weighted by atomic mass is 32.1. The fraction of sp³-hybridized carbons (Fsp3) is 0.714. The van der Waals surface area contributed by atoms with Crippen LogP contribution in [0.5, 0.6) is 0 Å². The lowest BCUT2D eigenvalue weighted by Crippen LogP contribution is -2.39. The summed E-state index contributed by atoms with van der Waals surface area (Å²) in [7, 11) is 1.79. The second kappa shape index (κ2) is 5.81. The minimum Gasteiger partial charge on any atom is -0.393 e. The zero-order valence-electron chi connectivity index (χ0n) is 12.3. The molecule has 2 heterocycles. The summed E-state index contributed by atoms with van der Waals surface area (Å²) in [6.07, 6.45) is 3.73. The van der Waals surface area contributed by atoms with Gasteiger partial charge >= 0.3 is 0 Å².